The number of rotatable bonds is 8. The second-order valence-corrected chi connectivity index (χ2v) is 12.7. The molecule has 0 bridgehead atoms. The molecule has 2 aliphatic rings. The molecular weight excluding hydrogens is 569 g/mol. The van der Waals surface area contributed by atoms with Gasteiger partial charge >= 0.3 is 0 Å². The maximum absolute atomic E-state index is 12.9. The molecule has 0 radical (unpaired) electrons. The Labute approximate surface area is 254 Å². The fraction of sp³-hybridized carbons (Fsp3) is 0.176. The molecule has 206 valence electrons. The van der Waals surface area contributed by atoms with Crippen molar-refractivity contribution in [1.29, 1.82) is 0 Å². The lowest BCUT2D eigenvalue weighted by molar-refractivity contribution is 0.102. The van der Waals surface area contributed by atoms with Gasteiger partial charge < -0.3 is 10.6 Å². The summed E-state index contributed by atoms with van der Waals surface area (Å²) in [5.74, 6) is 0.318. The van der Waals surface area contributed by atoms with E-state index in [1.165, 1.54) is 16.7 Å². The number of nitrogens with one attached hydrogen (secondary N) is 2. The zero-order valence-electron chi connectivity index (χ0n) is 22.5. The molecule has 3 aromatic carbocycles. The van der Waals surface area contributed by atoms with Gasteiger partial charge in [-0.3, -0.25) is 4.79 Å². The molecule has 0 aliphatic heterocycles. The molecule has 1 amide bonds. The van der Waals surface area contributed by atoms with Gasteiger partial charge in [-0.1, -0.05) is 90.8 Å². The maximum atomic E-state index is 12.9. The van der Waals surface area contributed by atoms with Crippen molar-refractivity contribution in [2.24, 2.45) is 5.41 Å². The molecular formula is C34H29Cl2N3OS. The molecule has 4 aromatic rings. The van der Waals surface area contributed by atoms with Crippen LogP contribution in [0, 0.1) is 5.41 Å². The summed E-state index contributed by atoms with van der Waals surface area (Å²) in [6.07, 6.45) is 13.0. The lowest BCUT2D eigenvalue weighted by Crippen LogP contribution is -2.39. The quantitative estimate of drug-likeness (QED) is 0.212. The van der Waals surface area contributed by atoms with Crippen LogP contribution in [0.25, 0.3) is 17.3 Å². The molecule has 1 fully saturated rings. The van der Waals surface area contributed by atoms with Gasteiger partial charge in [0.2, 0.25) is 0 Å². The lowest BCUT2D eigenvalue weighted by Gasteiger charge is -2.46. The molecule has 1 saturated carbocycles. The normalized spacial score (nSPS) is 19.2. The number of aromatic nitrogens is 1. The SMILES string of the molecule is CC1(CNc2nc(-c3cccc(C(=O)Nc4ccc(Cl)cc4Cl)c3)cs2)CC(c2ccccc2C=C2C=CC=C2)C1. The third-order valence-electron chi connectivity index (χ3n) is 7.70. The summed E-state index contributed by atoms with van der Waals surface area (Å²) in [6, 6.07) is 21.2. The van der Waals surface area contributed by atoms with Crippen LogP contribution in [0.15, 0.2) is 102 Å². The smallest absolute Gasteiger partial charge is 0.255 e. The van der Waals surface area contributed by atoms with Crippen LogP contribution in [0.5, 0.6) is 0 Å². The second-order valence-electron chi connectivity index (χ2n) is 11.0. The fourth-order valence-corrected chi connectivity index (χ4v) is 6.73. The zero-order valence-corrected chi connectivity index (χ0v) is 24.9. The Morgan fingerprint density at radius 2 is 1.85 bits per heavy atom. The summed E-state index contributed by atoms with van der Waals surface area (Å²) in [5.41, 5.74) is 6.98. The highest BCUT2D eigenvalue weighted by atomic mass is 35.5. The molecule has 1 heterocycles. The minimum atomic E-state index is -0.244. The Kier molecular flexibility index (Phi) is 7.85. The minimum Gasteiger partial charge on any atom is -0.361 e. The van der Waals surface area contributed by atoms with Crippen LogP contribution in [0.2, 0.25) is 10.0 Å². The highest BCUT2D eigenvalue weighted by Gasteiger charge is 2.41. The first-order chi connectivity index (χ1) is 19.8. The molecule has 41 heavy (non-hydrogen) atoms. The molecule has 0 spiro atoms. The van der Waals surface area contributed by atoms with Crippen LogP contribution < -0.4 is 10.6 Å². The van der Waals surface area contributed by atoms with Gasteiger partial charge in [0, 0.05) is 28.1 Å². The molecule has 2 N–H and O–H groups in total. The van der Waals surface area contributed by atoms with E-state index in [4.69, 9.17) is 28.2 Å². The number of anilines is 2. The van der Waals surface area contributed by atoms with Crippen molar-refractivity contribution >= 4 is 57.3 Å². The van der Waals surface area contributed by atoms with E-state index < -0.39 is 0 Å². The summed E-state index contributed by atoms with van der Waals surface area (Å²) in [6.45, 7) is 3.22. The molecule has 2 aliphatic carbocycles. The van der Waals surface area contributed by atoms with Gasteiger partial charge in [0.25, 0.3) is 5.91 Å². The number of nitrogens with zero attached hydrogens (tertiary/aromatic N) is 1. The molecule has 0 unspecified atom stereocenters. The molecule has 0 saturated heterocycles. The first-order valence-corrected chi connectivity index (χ1v) is 15.2. The van der Waals surface area contributed by atoms with Gasteiger partial charge in [0.15, 0.2) is 5.13 Å². The first kappa shape index (κ1) is 27.5. The van der Waals surface area contributed by atoms with Crippen LogP contribution in [0.3, 0.4) is 0 Å². The minimum absolute atomic E-state index is 0.213. The van der Waals surface area contributed by atoms with Crippen LogP contribution in [-0.2, 0) is 0 Å². The average molecular weight is 599 g/mol. The number of hydrogen-bond donors (Lipinski definition) is 2. The van der Waals surface area contributed by atoms with Gasteiger partial charge in [-0.05, 0) is 77.3 Å². The molecule has 7 heteroatoms. The van der Waals surface area contributed by atoms with E-state index in [2.05, 4.69) is 72.2 Å². The Morgan fingerprint density at radius 1 is 1.05 bits per heavy atom. The van der Waals surface area contributed by atoms with Crippen molar-refractivity contribution in [1.82, 2.24) is 4.98 Å². The van der Waals surface area contributed by atoms with E-state index in [1.807, 2.05) is 23.6 Å². The number of benzene rings is 3. The van der Waals surface area contributed by atoms with Gasteiger partial charge in [-0.2, -0.15) is 0 Å². The van der Waals surface area contributed by atoms with Crippen molar-refractivity contribution in [2.75, 3.05) is 17.2 Å². The summed E-state index contributed by atoms with van der Waals surface area (Å²) in [5, 5.41) is 10.3. The Balaban J connectivity index is 1.07. The van der Waals surface area contributed by atoms with E-state index >= 15 is 0 Å². The number of thiazole rings is 1. The molecule has 0 atom stereocenters. The predicted molar refractivity (Wildman–Crippen MR) is 173 cm³/mol. The van der Waals surface area contributed by atoms with Crippen molar-refractivity contribution in [3.63, 3.8) is 0 Å². The van der Waals surface area contributed by atoms with Gasteiger partial charge in [0.05, 0.1) is 16.4 Å². The number of allylic oxidation sites excluding steroid dienone is 5. The van der Waals surface area contributed by atoms with Gasteiger partial charge in [0.1, 0.15) is 0 Å². The van der Waals surface area contributed by atoms with Crippen LogP contribution >= 0.6 is 34.5 Å². The third kappa shape index (κ3) is 6.33. The largest absolute Gasteiger partial charge is 0.361 e. The summed E-state index contributed by atoms with van der Waals surface area (Å²) >= 11 is 13.8. The lowest BCUT2D eigenvalue weighted by atomic mass is 9.60. The number of amides is 1. The third-order valence-corrected chi connectivity index (χ3v) is 9.04. The summed E-state index contributed by atoms with van der Waals surface area (Å²) in [7, 11) is 0. The van der Waals surface area contributed by atoms with Crippen molar-refractivity contribution in [3.8, 4) is 11.3 Å². The number of hydrogen-bond acceptors (Lipinski definition) is 4. The van der Waals surface area contributed by atoms with E-state index in [1.54, 1.807) is 35.6 Å². The van der Waals surface area contributed by atoms with E-state index in [9.17, 15) is 4.79 Å². The Morgan fingerprint density at radius 3 is 2.66 bits per heavy atom. The summed E-state index contributed by atoms with van der Waals surface area (Å²) in [4.78, 5) is 17.7. The van der Waals surface area contributed by atoms with Crippen LogP contribution in [0.4, 0.5) is 10.8 Å². The number of halogens is 2. The Bertz CT molecular complexity index is 1680. The second kappa shape index (κ2) is 11.7. The number of carbonyl (C=O) groups is 1. The fourth-order valence-electron chi connectivity index (χ4n) is 5.55. The van der Waals surface area contributed by atoms with Crippen molar-refractivity contribution < 1.29 is 4.79 Å². The number of carbonyl (C=O) groups excluding carboxylic acids is 1. The van der Waals surface area contributed by atoms with E-state index in [0.717, 1.165) is 35.8 Å². The average Bonchev–Trinajstić information content (AvgIpc) is 3.65. The van der Waals surface area contributed by atoms with Crippen LogP contribution in [-0.4, -0.2) is 17.4 Å². The molecule has 6 rings (SSSR count). The molecule has 4 nitrogen and oxygen atoms in total. The topological polar surface area (TPSA) is 54.0 Å². The highest BCUT2D eigenvalue weighted by molar-refractivity contribution is 7.14. The highest BCUT2D eigenvalue weighted by Crippen LogP contribution is 2.52. The van der Waals surface area contributed by atoms with Gasteiger partial charge in [-0.15, -0.1) is 11.3 Å². The van der Waals surface area contributed by atoms with E-state index in [0.29, 0.717) is 27.2 Å². The van der Waals surface area contributed by atoms with Crippen molar-refractivity contribution in [2.45, 2.75) is 25.7 Å². The standard InChI is InChI=1S/C34H29Cl2N3OS/c1-34(18-26(19-34)28-12-5-4-9-23(28)15-22-7-2-3-8-22)21-37-33-39-31(20-41-33)24-10-6-11-25(16-24)32(40)38-30-14-13-27(35)17-29(30)36/h2-17,20,26H,18-19,21H2,1H3,(H,37,39)(H,38,40). The van der Waals surface area contributed by atoms with Gasteiger partial charge in [-0.25, -0.2) is 4.98 Å². The maximum Gasteiger partial charge on any atom is 0.255 e. The van der Waals surface area contributed by atoms with Crippen LogP contribution in [0.1, 0.15) is 47.2 Å². The summed E-state index contributed by atoms with van der Waals surface area (Å²) < 4.78 is 0. The molecule has 1 aromatic heterocycles. The predicted octanol–water partition coefficient (Wildman–Crippen LogP) is 9.87. The van der Waals surface area contributed by atoms with E-state index in [-0.39, 0.29) is 11.3 Å². The first-order valence-electron chi connectivity index (χ1n) is 13.6. The zero-order chi connectivity index (χ0) is 28.4. The monoisotopic (exact) mass is 597 g/mol. The Hall–Kier alpha value is -3.64. The van der Waals surface area contributed by atoms with Crippen molar-refractivity contribution in [3.05, 3.63) is 129 Å².